The number of carbonyl (C=O) groups excluding carboxylic acids is 1. The molecule has 8 heteroatoms. The highest BCUT2D eigenvalue weighted by atomic mass is 32.2. The Kier molecular flexibility index (Phi) is 5.48. The first-order chi connectivity index (χ1) is 15.1. The van der Waals surface area contributed by atoms with Crippen molar-refractivity contribution in [2.75, 3.05) is 22.9 Å². The minimum absolute atomic E-state index is 0.109. The zero-order chi connectivity index (χ0) is 21.4. The van der Waals surface area contributed by atoms with Crippen molar-refractivity contribution in [2.45, 2.75) is 56.1 Å². The SMILES string of the molecule is C[C@H](Sc1nnc(N2CCCC2)n1Cc1ccco1)C(=O)N1c2ccccc2C[C@@H]1C. The molecule has 2 aromatic heterocycles. The number of rotatable bonds is 6. The summed E-state index contributed by atoms with van der Waals surface area (Å²) in [5, 5.41) is 9.44. The van der Waals surface area contributed by atoms with Gasteiger partial charge >= 0.3 is 0 Å². The molecule has 1 amide bonds. The number of benzene rings is 1. The first kappa shape index (κ1) is 20.2. The van der Waals surface area contributed by atoms with Gasteiger partial charge in [-0.1, -0.05) is 30.0 Å². The average Bonchev–Trinajstić information content (AvgIpc) is 3.55. The van der Waals surface area contributed by atoms with E-state index in [1.807, 2.05) is 42.2 Å². The van der Waals surface area contributed by atoms with Gasteiger partial charge in [-0.3, -0.25) is 9.36 Å². The topological polar surface area (TPSA) is 67.4 Å². The van der Waals surface area contributed by atoms with Crippen molar-refractivity contribution in [2.24, 2.45) is 0 Å². The van der Waals surface area contributed by atoms with E-state index in [9.17, 15) is 4.79 Å². The average molecular weight is 438 g/mol. The number of nitrogens with zero attached hydrogens (tertiary/aromatic N) is 5. The number of aromatic nitrogens is 3. The van der Waals surface area contributed by atoms with Crippen molar-refractivity contribution < 1.29 is 9.21 Å². The van der Waals surface area contributed by atoms with Crippen LogP contribution in [-0.2, 0) is 17.8 Å². The van der Waals surface area contributed by atoms with E-state index in [0.717, 1.165) is 54.9 Å². The molecule has 3 aromatic rings. The van der Waals surface area contributed by atoms with Gasteiger partial charge in [0.25, 0.3) is 0 Å². The molecule has 31 heavy (non-hydrogen) atoms. The predicted molar refractivity (Wildman–Crippen MR) is 122 cm³/mol. The first-order valence-corrected chi connectivity index (χ1v) is 11.8. The Hall–Kier alpha value is -2.74. The fraction of sp³-hybridized carbons (Fsp3) is 0.435. The van der Waals surface area contributed by atoms with Gasteiger partial charge in [0.1, 0.15) is 5.76 Å². The molecule has 1 saturated heterocycles. The summed E-state index contributed by atoms with van der Waals surface area (Å²) >= 11 is 1.47. The molecule has 2 aliphatic rings. The van der Waals surface area contributed by atoms with Gasteiger partial charge in [0, 0.05) is 24.8 Å². The fourth-order valence-corrected chi connectivity index (χ4v) is 5.41. The van der Waals surface area contributed by atoms with E-state index in [4.69, 9.17) is 4.42 Å². The summed E-state index contributed by atoms with van der Waals surface area (Å²) in [6.07, 6.45) is 4.90. The van der Waals surface area contributed by atoms with Crippen molar-refractivity contribution >= 4 is 29.3 Å². The number of hydrogen-bond acceptors (Lipinski definition) is 6. The Balaban J connectivity index is 1.39. The molecule has 0 radical (unpaired) electrons. The van der Waals surface area contributed by atoms with Crippen LogP contribution in [0, 0.1) is 0 Å². The maximum Gasteiger partial charge on any atom is 0.240 e. The Morgan fingerprint density at radius 3 is 2.77 bits per heavy atom. The molecule has 1 fully saturated rings. The van der Waals surface area contributed by atoms with Crippen molar-refractivity contribution in [3.63, 3.8) is 0 Å². The van der Waals surface area contributed by atoms with Crippen molar-refractivity contribution in [3.8, 4) is 0 Å². The number of amides is 1. The molecule has 2 aliphatic heterocycles. The molecule has 2 atom stereocenters. The van der Waals surface area contributed by atoms with Gasteiger partial charge in [0.2, 0.25) is 11.9 Å². The number of anilines is 2. The third-order valence-electron chi connectivity index (χ3n) is 6.05. The van der Waals surface area contributed by atoms with E-state index >= 15 is 0 Å². The van der Waals surface area contributed by atoms with Crippen LogP contribution < -0.4 is 9.80 Å². The highest BCUT2D eigenvalue weighted by molar-refractivity contribution is 8.00. The van der Waals surface area contributed by atoms with Gasteiger partial charge in [-0.05, 0) is 56.9 Å². The second kappa shape index (κ2) is 8.42. The number of thioether (sulfide) groups is 1. The van der Waals surface area contributed by atoms with Crippen molar-refractivity contribution in [1.29, 1.82) is 0 Å². The van der Waals surface area contributed by atoms with Gasteiger partial charge < -0.3 is 14.2 Å². The molecule has 162 valence electrons. The Bertz CT molecular complexity index is 1060. The molecular weight excluding hydrogens is 410 g/mol. The smallest absolute Gasteiger partial charge is 0.240 e. The summed E-state index contributed by atoms with van der Waals surface area (Å²) in [6.45, 7) is 6.59. The van der Waals surface area contributed by atoms with Gasteiger partial charge in [-0.15, -0.1) is 10.2 Å². The zero-order valence-corrected chi connectivity index (χ0v) is 18.7. The summed E-state index contributed by atoms with van der Waals surface area (Å²) < 4.78 is 7.67. The Labute approximate surface area is 186 Å². The molecule has 0 spiro atoms. The molecule has 5 rings (SSSR count). The number of carbonyl (C=O) groups is 1. The van der Waals surface area contributed by atoms with E-state index < -0.39 is 0 Å². The summed E-state index contributed by atoms with van der Waals surface area (Å²) in [5.41, 5.74) is 2.26. The quantitative estimate of drug-likeness (QED) is 0.544. The van der Waals surface area contributed by atoms with Crippen LogP contribution in [0.4, 0.5) is 11.6 Å². The number of fused-ring (bicyclic) bond motifs is 1. The maximum atomic E-state index is 13.4. The highest BCUT2D eigenvalue weighted by Crippen LogP contribution is 2.35. The zero-order valence-electron chi connectivity index (χ0n) is 17.9. The minimum atomic E-state index is -0.278. The molecular formula is C23H27N5O2S. The second-order valence-electron chi connectivity index (χ2n) is 8.29. The molecule has 0 aliphatic carbocycles. The van der Waals surface area contributed by atoms with Crippen molar-refractivity contribution in [3.05, 3.63) is 54.0 Å². The van der Waals surface area contributed by atoms with E-state index in [1.54, 1.807) is 6.26 Å². The fourth-order valence-electron chi connectivity index (χ4n) is 4.52. The van der Waals surface area contributed by atoms with Crippen LogP contribution in [0.25, 0.3) is 0 Å². The normalized spacial score (nSPS) is 19.1. The summed E-state index contributed by atoms with van der Waals surface area (Å²) in [7, 11) is 0. The maximum absolute atomic E-state index is 13.4. The summed E-state index contributed by atoms with van der Waals surface area (Å²) in [4.78, 5) is 17.6. The van der Waals surface area contributed by atoms with Crippen LogP contribution in [0.5, 0.6) is 0 Å². The lowest BCUT2D eigenvalue weighted by Gasteiger charge is -2.26. The van der Waals surface area contributed by atoms with Crippen LogP contribution >= 0.6 is 11.8 Å². The minimum Gasteiger partial charge on any atom is -0.467 e. The van der Waals surface area contributed by atoms with Crippen LogP contribution in [0.1, 0.15) is 38.0 Å². The van der Waals surface area contributed by atoms with Gasteiger partial charge in [0.15, 0.2) is 5.16 Å². The predicted octanol–water partition coefficient (Wildman–Crippen LogP) is 3.98. The first-order valence-electron chi connectivity index (χ1n) is 10.9. The van der Waals surface area contributed by atoms with Gasteiger partial charge in [-0.2, -0.15) is 0 Å². The van der Waals surface area contributed by atoms with E-state index in [0.29, 0.717) is 6.54 Å². The van der Waals surface area contributed by atoms with Crippen LogP contribution in [0.3, 0.4) is 0 Å². The third kappa shape index (κ3) is 3.84. The van der Waals surface area contributed by atoms with Gasteiger partial charge in [0.05, 0.1) is 18.1 Å². The number of hydrogen-bond donors (Lipinski definition) is 0. The van der Waals surface area contributed by atoms with Crippen LogP contribution in [0.15, 0.2) is 52.2 Å². The lowest BCUT2D eigenvalue weighted by Crippen LogP contribution is -2.40. The Morgan fingerprint density at radius 2 is 2.00 bits per heavy atom. The van der Waals surface area contributed by atoms with E-state index in [1.165, 1.54) is 17.3 Å². The molecule has 7 nitrogen and oxygen atoms in total. The number of para-hydroxylation sites is 1. The van der Waals surface area contributed by atoms with E-state index in [2.05, 4.69) is 32.7 Å². The largest absolute Gasteiger partial charge is 0.467 e. The van der Waals surface area contributed by atoms with Crippen LogP contribution in [-0.4, -0.2) is 45.1 Å². The molecule has 0 saturated carbocycles. The molecule has 1 aromatic carbocycles. The highest BCUT2D eigenvalue weighted by Gasteiger charge is 2.34. The Morgan fingerprint density at radius 1 is 1.19 bits per heavy atom. The monoisotopic (exact) mass is 437 g/mol. The number of furan rings is 1. The van der Waals surface area contributed by atoms with E-state index in [-0.39, 0.29) is 17.2 Å². The molecule has 0 bridgehead atoms. The van der Waals surface area contributed by atoms with Crippen molar-refractivity contribution in [1.82, 2.24) is 14.8 Å². The second-order valence-corrected chi connectivity index (χ2v) is 9.60. The molecule has 4 heterocycles. The lowest BCUT2D eigenvalue weighted by molar-refractivity contribution is -0.118. The lowest BCUT2D eigenvalue weighted by atomic mass is 10.1. The summed E-state index contributed by atoms with van der Waals surface area (Å²) in [6, 6.07) is 12.2. The third-order valence-corrected chi connectivity index (χ3v) is 7.12. The van der Waals surface area contributed by atoms with Crippen LogP contribution in [0.2, 0.25) is 0 Å². The summed E-state index contributed by atoms with van der Waals surface area (Å²) in [5.74, 6) is 1.82. The molecule has 0 N–H and O–H groups in total. The standard InChI is InChI=1S/C23H27N5O2S/c1-16-14-18-8-3-4-10-20(18)28(16)21(29)17(2)31-23-25-24-22(26-11-5-6-12-26)27(23)15-19-9-7-13-30-19/h3-4,7-10,13,16-17H,5-6,11-12,14-15H2,1-2H3/t16-,17-/m0/s1. The van der Waals surface area contributed by atoms with Gasteiger partial charge in [-0.25, -0.2) is 0 Å². The molecule has 0 unspecified atom stereocenters.